The Labute approximate surface area is 156 Å². The molecule has 0 aromatic heterocycles. The van der Waals surface area contributed by atoms with Crippen LogP contribution in [0.15, 0.2) is 43.0 Å². The molecule has 0 aliphatic rings. The molecule has 1 aromatic rings. The summed E-state index contributed by atoms with van der Waals surface area (Å²) in [4.78, 5) is 11.7. The van der Waals surface area contributed by atoms with E-state index in [2.05, 4.69) is 11.9 Å². The molecule has 144 valence electrons. The molecule has 1 aromatic carbocycles. The molecule has 0 aliphatic heterocycles. The Balaban J connectivity index is 2.93. The molecule has 0 bridgehead atoms. The van der Waals surface area contributed by atoms with Crippen molar-refractivity contribution < 1.29 is 19.7 Å². The molecular formula is C21H31NO4. The van der Waals surface area contributed by atoms with Crippen LogP contribution in [-0.2, 0) is 4.79 Å². The summed E-state index contributed by atoms with van der Waals surface area (Å²) in [5.74, 6) is -0.534. The fourth-order valence-corrected chi connectivity index (χ4v) is 2.53. The first-order valence-electron chi connectivity index (χ1n) is 8.83. The number of phenols is 1. The summed E-state index contributed by atoms with van der Waals surface area (Å²) < 4.78 is 5.11. The van der Waals surface area contributed by atoms with E-state index in [-0.39, 0.29) is 29.0 Å². The maximum Gasteiger partial charge on any atom is 0.335 e. The summed E-state index contributed by atoms with van der Waals surface area (Å²) in [7, 11) is 0. The van der Waals surface area contributed by atoms with E-state index in [1.165, 1.54) is 18.2 Å². The van der Waals surface area contributed by atoms with E-state index < -0.39 is 12.1 Å². The second-order valence-electron chi connectivity index (χ2n) is 7.68. The molecule has 5 nitrogen and oxygen atoms in total. The van der Waals surface area contributed by atoms with Crippen LogP contribution in [-0.4, -0.2) is 27.8 Å². The topological polar surface area (TPSA) is 78.8 Å². The van der Waals surface area contributed by atoms with Crippen molar-refractivity contribution in [2.24, 2.45) is 5.92 Å². The van der Waals surface area contributed by atoms with Crippen LogP contribution in [0.25, 0.3) is 0 Å². The first-order chi connectivity index (χ1) is 12.0. The Hall–Kier alpha value is -2.11. The van der Waals surface area contributed by atoms with Crippen LogP contribution in [0.4, 0.5) is 0 Å². The molecule has 26 heavy (non-hydrogen) atoms. The van der Waals surface area contributed by atoms with Gasteiger partial charge in [0, 0.05) is 17.7 Å². The van der Waals surface area contributed by atoms with Crippen molar-refractivity contribution in [2.45, 2.75) is 58.7 Å². The first-order valence-corrected chi connectivity index (χ1v) is 8.83. The van der Waals surface area contributed by atoms with Crippen molar-refractivity contribution in [3.05, 3.63) is 48.6 Å². The van der Waals surface area contributed by atoms with Crippen LogP contribution < -0.4 is 10.1 Å². The van der Waals surface area contributed by atoms with E-state index in [0.29, 0.717) is 12.0 Å². The van der Waals surface area contributed by atoms with Gasteiger partial charge in [-0.3, -0.25) is 0 Å². The average molecular weight is 361 g/mol. The molecule has 0 amide bonds. The summed E-state index contributed by atoms with van der Waals surface area (Å²) >= 11 is 0. The Morgan fingerprint density at radius 3 is 2.50 bits per heavy atom. The van der Waals surface area contributed by atoms with Crippen molar-refractivity contribution in [2.75, 3.05) is 0 Å². The molecule has 2 atom stereocenters. The average Bonchev–Trinajstić information content (AvgIpc) is 2.53. The van der Waals surface area contributed by atoms with Gasteiger partial charge in [0.1, 0.15) is 0 Å². The number of phenolic OH excluding ortho intramolecular Hbond substituents is 1. The number of benzene rings is 1. The zero-order valence-electron chi connectivity index (χ0n) is 16.3. The maximum atomic E-state index is 11.7. The molecule has 0 heterocycles. The fraction of sp³-hybridized carbons (Fsp3) is 0.476. The molecule has 3 N–H and O–H groups in total. The molecular weight excluding hydrogens is 330 g/mol. The minimum absolute atomic E-state index is 0.0547. The predicted molar refractivity (Wildman–Crippen MR) is 104 cm³/mol. The monoisotopic (exact) mass is 361 g/mol. The van der Waals surface area contributed by atoms with Gasteiger partial charge in [-0.1, -0.05) is 32.1 Å². The third-order valence-corrected chi connectivity index (χ3v) is 3.75. The van der Waals surface area contributed by atoms with Gasteiger partial charge in [-0.15, -0.1) is 6.58 Å². The van der Waals surface area contributed by atoms with E-state index in [1.54, 1.807) is 18.2 Å². The number of nitrogens with one attached hydrogen (secondary N) is 1. The van der Waals surface area contributed by atoms with E-state index in [4.69, 9.17) is 4.74 Å². The van der Waals surface area contributed by atoms with Gasteiger partial charge < -0.3 is 20.3 Å². The standard InChI is InChI=1S/C21H31NO4/c1-7-8-9-10-18(24)26-17-12-11-15(13-16(17)23)20(25)19(14(2)3)22-21(4,5)6/h7,9-14,19-20,22-23,25H,1,8H2,2-6H3. The highest BCUT2D eigenvalue weighted by atomic mass is 16.5. The van der Waals surface area contributed by atoms with Crippen LogP contribution in [0.5, 0.6) is 11.5 Å². The second kappa shape index (κ2) is 9.55. The number of carbonyl (C=O) groups excluding carboxylic acids is 1. The highest BCUT2D eigenvalue weighted by Gasteiger charge is 2.28. The quantitative estimate of drug-likeness (QED) is 0.283. The van der Waals surface area contributed by atoms with Gasteiger partial charge >= 0.3 is 5.97 Å². The highest BCUT2D eigenvalue weighted by Crippen LogP contribution is 2.32. The lowest BCUT2D eigenvalue weighted by atomic mass is 9.91. The van der Waals surface area contributed by atoms with Crippen molar-refractivity contribution in [1.29, 1.82) is 0 Å². The minimum Gasteiger partial charge on any atom is -0.504 e. The second-order valence-corrected chi connectivity index (χ2v) is 7.68. The molecule has 0 fully saturated rings. The SMILES string of the molecule is C=CCC=CC(=O)Oc1ccc(C(O)C(NC(C)(C)C)C(C)C)cc1O. The van der Waals surface area contributed by atoms with E-state index >= 15 is 0 Å². The minimum atomic E-state index is -0.808. The molecule has 0 saturated carbocycles. The number of aromatic hydroxyl groups is 1. The molecule has 2 unspecified atom stereocenters. The number of rotatable bonds is 8. The van der Waals surface area contributed by atoms with E-state index in [9.17, 15) is 15.0 Å². The third kappa shape index (κ3) is 7.02. The van der Waals surface area contributed by atoms with E-state index in [1.807, 2.05) is 34.6 Å². The van der Waals surface area contributed by atoms with Crippen LogP contribution in [0.2, 0.25) is 0 Å². The number of hydrogen-bond donors (Lipinski definition) is 3. The Kier molecular flexibility index (Phi) is 8.06. The number of carbonyl (C=O) groups is 1. The van der Waals surface area contributed by atoms with Gasteiger partial charge in [-0.25, -0.2) is 4.79 Å². The van der Waals surface area contributed by atoms with Crippen molar-refractivity contribution in [3.8, 4) is 11.5 Å². The Morgan fingerprint density at radius 1 is 1.35 bits per heavy atom. The summed E-state index contributed by atoms with van der Waals surface area (Å²) in [6.07, 6.45) is 4.32. The van der Waals surface area contributed by atoms with E-state index in [0.717, 1.165) is 0 Å². The van der Waals surface area contributed by atoms with Gasteiger partial charge in [0.05, 0.1) is 6.10 Å². The number of allylic oxidation sites excluding steroid dienone is 2. The zero-order chi connectivity index (χ0) is 19.9. The van der Waals surface area contributed by atoms with Crippen molar-refractivity contribution >= 4 is 5.97 Å². The summed E-state index contributed by atoms with van der Waals surface area (Å²) in [6.45, 7) is 13.7. The van der Waals surface area contributed by atoms with Crippen molar-refractivity contribution in [3.63, 3.8) is 0 Å². The van der Waals surface area contributed by atoms with Crippen LogP contribution in [0.3, 0.4) is 0 Å². The van der Waals surface area contributed by atoms with Crippen LogP contribution in [0.1, 0.15) is 52.7 Å². The predicted octanol–water partition coefficient (Wildman–Crippen LogP) is 3.88. The number of esters is 1. The summed E-state index contributed by atoms with van der Waals surface area (Å²) in [5, 5.41) is 24.3. The largest absolute Gasteiger partial charge is 0.504 e. The molecule has 0 aliphatic carbocycles. The molecule has 0 spiro atoms. The van der Waals surface area contributed by atoms with Gasteiger partial charge in [-0.05, 0) is 50.8 Å². The molecule has 0 radical (unpaired) electrons. The number of aliphatic hydroxyl groups excluding tert-OH is 1. The number of aliphatic hydroxyl groups is 1. The molecule has 0 saturated heterocycles. The number of ether oxygens (including phenoxy) is 1. The molecule has 1 rings (SSSR count). The Morgan fingerprint density at radius 2 is 2.00 bits per heavy atom. The van der Waals surface area contributed by atoms with Gasteiger partial charge in [-0.2, -0.15) is 0 Å². The van der Waals surface area contributed by atoms with Gasteiger partial charge in [0.2, 0.25) is 0 Å². The number of hydrogen-bond acceptors (Lipinski definition) is 5. The third-order valence-electron chi connectivity index (χ3n) is 3.75. The summed E-state index contributed by atoms with van der Waals surface area (Å²) in [6, 6.07) is 4.38. The highest BCUT2D eigenvalue weighted by molar-refractivity contribution is 5.84. The zero-order valence-corrected chi connectivity index (χ0v) is 16.3. The fourth-order valence-electron chi connectivity index (χ4n) is 2.53. The lowest BCUT2D eigenvalue weighted by Gasteiger charge is -2.34. The Bertz CT molecular complexity index is 644. The lowest BCUT2D eigenvalue weighted by Crippen LogP contribution is -2.49. The lowest BCUT2D eigenvalue weighted by molar-refractivity contribution is -0.129. The van der Waals surface area contributed by atoms with Crippen LogP contribution >= 0.6 is 0 Å². The van der Waals surface area contributed by atoms with Crippen LogP contribution in [0, 0.1) is 5.92 Å². The van der Waals surface area contributed by atoms with Gasteiger partial charge in [0.25, 0.3) is 0 Å². The first kappa shape index (κ1) is 21.9. The summed E-state index contributed by atoms with van der Waals surface area (Å²) in [5.41, 5.74) is 0.394. The van der Waals surface area contributed by atoms with Crippen molar-refractivity contribution in [1.82, 2.24) is 5.32 Å². The maximum absolute atomic E-state index is 11.7. The molecule has 5 heteroatoms. The smallest absolute Gasteiger partial charge is 0.335 e. The van der Waals surface area contributed by atoms with Gasteiger partial charge in [0.15, 0.2) is 11.5 Å². The normalized spacial score (nSPS) is 14.4.